The van der Waals surface area contributed by atoms with Crippen molar-refractivity contribution in [1.82, 2.24) is 19.7 Å². The molecular formula is C15H19ClN4O2. The minimum atomic E-state index is -0.546. The van der Waals surface area contributed by atoms with E-state index in [1.54, 1.807) is 18.5 Å². The van der Waals surface area contributed by atoms with E-state index >= 15 is 0 Å². The second kappa shape index (κ2) is 6.75. The molecule has 7 heteroatoms. The summed E-state index contributed by atoms with van der Waals surface area (Å²) in [6.45, 7) is 2.65. The fourth-order valence-corrected chi connectivity index (χ4v) is 2.77. The monoisotopic (exact) mass is 322 g/mol. The smallest absolute Gasteiger partial charge is 0.163 e. The van der Waals surface area contributed by atoms with Crippen LogP contribution in [0.2, 0.25) is 5.02 Å². The van der Waals surface area contributed by atoms with Gasteiger partial charge in [-0.1, -0.05) is 23.7 Å². The number of aromatic nitrogens is 3. The standard InChI is InChI=1S/C15H19ClN4O2/c1-19-10-17-18-15(19)14-9-20(6-7-22-14)8-13(21)11-2-4-12(16)5-3-11/h2-5,10,13-14,21H,6-9H2,1H3/t13-,14-/m1/s1. The van der Waals surface area contributed by atoms with E-state index in [0.29, 0.717) is 24.7 Å². The van der Waals surface area contributed by atoms with Gasteiger partial charge in [0.05, 0.1) is 12.7 Å². The largest absolute Gasteiger partial charge is 0.387 e. The quantitative estimate of drug-likeness (QED) is 0.926. The second-order valence-electron chi connectivity index (χ2n) is 5.49. The Morgan fingerprint density at radius 3 is 2.86 bits per heavy atom. The molecule has 1 N–H and O–H groups in total. The van der Waals surface area contributed by atoms with Crippen LogP contribution in [-0.4, -0.2) is 51.0 Å². The number of benzene rings is 1. The Hall–Kier alpha value is -1.47. The van der Waals surface area contributed by atoms with E-state index in [0.717, 1.165) is 17.9 Å². The van der Waals surface area contributed by atoms with E-state index in [9.17, 15) is 5.11 Å². The third-order valence-electron chi connectivity index (χ3n) is 3.87. The molecule has 0 saturated carbocycles. The van der Waals surface area contributed by atoms with Crippen LogP contribution in [0.1, 0.15) is 23.6 Å². The highest BCUT2D eigenvalue weighted by atomic mass is 35.5. The summed E-state index contributed by atoms with van der Waals surface area (Å²) in [5.41, 5.74) is 0.867. The van der Waals surface area contributed by atoms with E-state index in [-0.39, 0.29) is 6.10 Å². The average Bonchev–Trinajstić information content (AvgIpc) is 2.94. The predicted octanol–water partition coefficient (Wildman–Crippen LogP) is 1.58. The van der Waals surface area contributed by atoms with Gasteiger partial charge in [-0.2, -0.15) is 0 Å². The molecule has 3 rings (SSSR count). The molecule has 0 aliphatic carbocycles. The number of ether oxygens (including phenoxy) is 1. The summed E-state index contributed by atoms with van der Waals surface area (Å²) >= 11 is 5.88. The number of aliphatic hydroxyl groups excluding tert-OH is 1. The summed E-state index contributed by atoms with van der Waals surface area (Å²) < 4.78 is 7.64. The maximum absolute atomic E-state index is 10.4. The SMILES string of the molecule is Cn1cnnc1[C@H]1CN(C[C@@H](O)c2ccc(Cl)cc2)CCO1. The molecule has 2 heterocycles. The van der Waals surface area contributed by atoms with Crippen molar-refractivity contribution in [3.63, 3.8) is 0 Å². The Morgan fingerprint density at radius 2 is 2.18 bits per heavy atom. The zero-order valence-electron chi connectivity index (χ0n) is 12.4. The normalized spacial score (nSPS) is 21.0. The summed E-state index contributed by atoms with van der Waals surface area (Å²) in [7, 11) is 1.90. The fourth-order valence-electron chi connectivity index (χ4n) is 2.64. The first kappa shape index (κ1) is 15.4. The fraction of sp³-hybridized carbons (Fsp3) is 0.467. The Bertz CT molecular complexity index is 616. The van der Waals surface area contributed by atoms with Gasteiger partial charge in [0.1, 0.15) is 12.4 Å². The van der Waals surface area contributed by atoms with Gasteiger partial charge in [0, 0.05) is 31.7 Å². The number of hydrogen-bond acceptors (Lipinski definition) is 5. The molecule has 6 nitrogen and oxygen atoms in total. The van der Waals surface area contributed by atoms with Crippen molar-refractivity contribution in [2.45, 2.75) is 12.2 Å². The minimum Gasteiger partial charge on any atom is -0.387 e. The first-order valence-corrected chi connectivity index (χ1v) is 7.62. The first-order valence-electron chi connectivity index (χ1n) is 7.25. The van der Waals surface area contributed by atoms with Gasteiger partial charge in [-0.3, -0.25) is 4.90 Å². The number of β-amino-alcohol motifs (C(OH)–C–C–N with tert-alkyl or cyclic N) is 1. The van der Waals surface area contributed by atoms with Crippen molar-refractivity contribution in [3.05, 3.63) is 47.0 Å². The molecule has 2 aromatic rings. The van der Waals surface area contributed by atoms with Crippen LogP contribution >= 0.6 is 11.6 Å². The number of aliphatic hydroxyl groups is 1. The zero-order chi connectivity index (χ0) is 15.5. The van der Waals surface area contributed by atoms with Crippen LogP contribution in [0.15, 0.2) is 30.6 Å². The van der Waals surface area contributed by atoms with E-state index in [4.69, 9.17) is 16.3 Å². The second-order valence-corrected chi connectivity index (χ2v) is 5.92. The summed E-state index contributed by atoms with van der Waals surface area (Å²) in [5, 5.41) is 19.0. The minimum absolute atomic E-state index is 0.112. The molecule has 1 fully saturated rings. The summed E-state index contributed by atoms with van der Waals surface area (Å²) in [5.74, 6) is 0.811. The highest BCUT2D eigenvalue weighted by molar-refractivity contribution is 6.30. The van der Waals surface area contributed by atoms with Crippen molar-refractivity contribution in [2.24, 2.45) is 7.05 Å². The molecular weight excluding hydrogens is 304 g/mol. The van der Waals surface area contributed by atoms with Crippen molar-refractivity contribution < 1.29 is 9.84 Å². The van der Waals surface area contributed by atoms with E-state index in [2.05, 4.69) is 15.1 Å². The molecule has 118 valence electrons. The summed E-state index contributed by atoms with van der Waals surface area (Å²) in [6, 6.07) is 7.30. The molecule has 1 aromatic heterocycles. The van der Waals surface area contributed by atoms with Crippen LogP contribution in [0.3, 0.4) is 0 Å². The average molecular weight is 323 g/mol. The molecule has 0 amide bonds. The van der Waals surface area contributed by atoms with Gasteiger partial charge in [-0.05, 0) is 17.7 Å². The lowest BCUT2D eigenvalue weighted by Gasteiger charge is -2.33. The highest BCUT2D eigenvalue weighted by Gasteiger charge is 2.26. The molecule has 0 radical (unpaired) electrons. The molecule has 0 unspecified atom stereocenters. The van der Waals surface area contributed by atoms with Gasteiger partial charge in [0.15, 0.2) is 5.82 Å². The van der Waals surface area contributed by atoms with Gasteiger partial charge in [0.25, 0.3) is 0 Å². The Kier molecular flexibility index (Phi) is 4.73. The molecule has 22 heavy (non-hydrogen) atoms. The third-order valence-corrected chi connectivity index (χ3v) is 4.12. The maximum Gasteiger partial charge on any atom is 0.163 e. The van der Waals surface area contributed by atoms with Gasteiger partial charge in [0.2, 0.25) is 0 Å². The Labute approximate surface area is 134 Å². The van der Waals surface area contributed by atoms with Crippen LogP contribution in [0, 0.1) is 0 Å². The van der Waals surface area contributed by atoms with Gasteiger partial charge < -0.3 is 14.4 Å². The molecule has 2 atom stereocenters. The molecule has 1 saturated heterocycles. The zero-order valence-corrected chi connectivity index (χ0v) is 13.1. The molecule has 0 spiro atoms. The van der Waals surface area contributed by atoms with Crippen molar-refractivity contribution in [3.8, 4) is 0 Å². The first-order chi connectivity index (χ1) is 10.6. The number of nitrogens with zero attached hydrogens (tertiary/aromatic N) is 4. The predicted molar refractivity (Wildman–Crippen MR) is 82.5 cm³/mol. The van der Waals surface area contributed by atoms with Gasteiger partial charge in [-0.25, -0.2) is 0 Å². The molecule has 0 bridgehead atoms. The number of halogens is 1. The highest BCUT2D eigenvalue weighted by Crippen LogP contribution is 2.23. The lowest BCUT2D eigenvalue weighted by atomic mass is 10.1. The van der Waals surface area contributed by atoms with Crippen LogP contribution in [0.25, 0.3) is 0 Å². The van der Waals surface area contributed by atoms with Gasteiger partial charge >= 0.3 is 0 Å². The van der Waals surface area contributed by atoms with Gasteiger partial charge in [-0.15, -0.1) is 10.2 Å². The van der Waals surface area contributed by atoms with Crippen LogP contribution in [0.5, 0.6) is 0 Å². The molecule has 1 aliphatic rings. The van der Waals surface area contributed by atoms with E-state index in [1.807, 2.05) is 23.7 Å². The molecule has 1 aromatic carbocycles. The lowest BCUT2D eigenvalue weighted by molar-refractivity contribution is -0.0474. The Balaban J connectivity index is 1.63. The Morgan fingerprint density at radius 1 is 1.41 bits per heavy atom. The van der Waals surface area contributed by atoms with E-state index < -0.39 is 6.10 Å². The number of aryl methyl sites for hydroxylation is 1. The molecule has 1 aliphatic heterocycles. The van der Waals surface area contributed by atoms with E-state index in [1.165, 1.54) is 0 Å². The van der Waals surface area contributed by atoms with Crippen molar-refractivity contribution >= 4 is 11.6 Å². The van der Waals surface area contributed by atoms with Crippen LogP contribution in [0.4, 0.5) is 0 Å². The number of morpholine rings is 1. The van der Waals surface area contributed by atoms with Crippen LogP contribution in [-0.2, 0) is 11.8 Å². The van der Waals surface area contributed by atoms with Crippen molar-refractivity contribution in [2.75, 3.05) is 26.2 Å². The topological polar surface area (TPSA) is 63.4 Å². The third kappa shape index (κ3) is 3.47. The lowest BCUT2D eigenvalue weighted by Crippen LogP contribution is -2.41. The number of hydrogen-bond donors (Lipinski definition) is 1. The summed E-state index contributed by atoms with van der Waals surface area (Å²) in [6.07, 6.45) is 1.01. The van der Waals surface area contributed by atoms with Crippen molar-refractivity contribution in [1.29, 1.82) is 0 Å². The maximum atomic E-state index is 10.4. The van der Waals surface area contributed by atoms with Crippen LogP contribution < -0.4 is 0 Å². The number of rotatable bonds is 4. The summed E-state index contributed by atoms with van der Waals surface area (Å²) in [4.78, 5) is 2.18.